The number of aromatic nitrogens is 2. The number of thiophene rings is 1. The first-order chi connectivity index (χ1) is 16.1. The second-order valence-electron chi connectivity index (χ2n) is 7.04. The van der Waals surface area contributed by atoms with Crippen molar-refractivity contribution in [2.24, 2.45) is 0 Å². The van der Waals surface area contributed by atoms with Gasteiger partial charge < -0.3 is 15.6 Å². The number of amides is 2. The van der Waals surface area contributed by atoms with Crippen molar-refractivity contribution in [3.8, 4) is 5.69 Å². The van der Waals surface area contributed by atoms with Gasteiger partial charge in [0.2, 0.25) is 0 Å². The first-order valence-corrected chi connectivity index (χ1v) is 12.5. The topological polar surface area (TPSA) is 125 Å². The van der Waals surface area contributed by atoms with E-state index in [0.29, 0.717) is 14.2 Å². The molecule has 1 atom stereocenters. The fourth-order valence-corrected chi connectivity index (χ4v) is 5.77. The van der Waals surface area contributed by atoms with E-state index in [1.165, 1.54) is 43.4 Å². The SMILES string of the molecule is C=S(=O)(NC(=O)Nc1ccc(-n2c(=O)[nH]c3cc(NC)c(F)cc3c2=O)cc1)c1ccc(Cl)s1. The lowest BCUT2D eigenvalue weighted by atomic mass is 10.2. The fourth-order valence-electron chi connectivity index (χ4n) is 3.19. The van der Waals surface area contributed by atoms with Gasteiger partial charge in [0.25, 0.3) is 5.56 Å². The fraction of sp³-hybridized carbons (Fsp3) is 0.0476. The van der Waals surface area contributed by atoms with E-state index in [1.54, 1.807) is 6.07 Å². The number of fused-ring (bicyclic) bond motifs is 1. The summed E-state index contributed by atoms with van der Waals surface area (Å²) >= 11 is 6.88. The van der Waals surface area contributed by atoms with Crippen LogP contribution in [0.3, 0.4) is 0 Å². The zero-order valence-electron chi connectivity index (χ0n) is 17.5. The molecule has 13 heteroatoms. The van der Waals surface area contributed by atoms with Crippen molar-refractivity contribution < 1.29 is 13.4 Å². The Kier molecular flexibility index (Phi) is 6.21. The Labute approximate surface area is 201 Å². The number of nitrogens with zero attached hydrogens (tertiary/aromatic N) is 1. The zero-order chi connectivity index (χ0) is 24.6. The highest BCUT2D eigenvalue weighted by atomic mass is 35.5. The molecule has 9 nitrogen and oxygen atoms in total. The van der Waals surface area contributed by atoms with Gasteiger partial charge in [0, 0.05) is 12.7 Å². The number of benzene rings is 2. The van der Waals surface area contributed by atoms with Crippen LogP contribution in [-0.2, 0) is 9.71 Å². The number of rotatable bonds is 5. The highest BCUT2D eigenvalue weighted by Gasteiger charge is 2.15. The van der Waals surface area contributed by atoms with E-state index in [1.807, 2.05) is 0 Å². The van der Waals surface area contributed by atoms with Crippen LogP contribution in [0, 0.1) is 5.82 Å². The zero-order valence-corrected chi connectivity index (χ0v) is 19.9. The minimum Gasteiger partial charge on any atom is -0.386 e. The molecule has 4 N–H and O–H groups in total. The van der Waals surface area contributed by atoms with Crippen LogP contribution in [0.5, 0.6) is 0 Å². The van der Waals surface area contributed by atoms with Crippen molar-refractivity contribution in [3.05, 3.63) is 79.5 Å². The molecule has 4 rings (SSSR count). The Morgan fingerprint density at radius 3 is 2.50 bits per heavy atom. The van der Waals surface area contributed by atoms with E-state index in [-0.39, 0.29) is 22.3 Å². The van der Waals surface area contributed by atoms with Gasteiger partial charge in [-0.05, 0) is 54.4 Å². The molecule has 0 bridgehead atoms. The van der Waals surface area contributed by atoms with Crippen LogP contribution in [0.15, 0.2) is 62.3 Å². The van der Waals surface area contributed by atoms with Crippen molar-refractivity contribution in [3.63, 3.8) is 0 Å². The van der Waals surface area contributed by atoms with Gasteiger partial charge in [0.1, 0.15) is 10.0 Å². The Balaban J connectivity index is 1.58. The summed E-state index contributed by atoms with van der Waals surface area (Å²) in [4.78, 5) is 40.3. The number of aromatic amines is 1. The number of halogens is 2. The summed E-state index contributed by atoms with van der Waals surface area (Å²) in [5.74, 6) is 2.91. The molecule has 176 valence electrons. The average Bonchev–Trinajstić information content (AvgIpc) is 3.22. The number of hydrogen-bond acceptors (Lipinski definition) is 6. The number of hydrogen-bond donors (Lipinski definition) is 4. The molecule has 0 radical (unpaired) electrons. The molecule has 1 unspecified atom stereocenters. The lowest BCUT2D eigenvalue weighted by Gasteiger charge is -2.12. The van der Waals surface area contributed by atoms with Gasteiger partial charge in [0.15, 0.2) is 0 Å². The molecule has 2 heterocycles. The quantitative estimate of drug-likeness (QED) is 0.300. The normalized spacial score (nSPS) is 12.8. The Hall–Kier alpha value is -3.61. The minimum atomic E-state index is -3.10. The Morgan fingerprint density at radius 2 is 1.88 bits per heavy atom. The predicted octanol–water partition coefficient (Wildman–Crippen LogP) is 3.39. The van der Waals surface area contributed by atoms with Gasteiger partial charge in [-0.1, -0.05) is 11.6 Å². The first kappa shape index (κ1) is 23.5. The van der Waals surface area contributed by atoms with Crippen molar-refractivity contribution in [2.45, 2.75) is 4.21 Å². The van der Waals surface area contributed by atoms with Gasteiger partial charge in [-0.3, -0.25) is 9.52 Å². The van der Waals surface area contributed by atoms with E-state index < -0.39 is 32.8 Å². The summed E-state index contributed by atoms with van der Waals surface area (Å²) in [5.41, 5.74) is -0.582. The highest BCUT2D eigenvalue weighted by molar-refractivity contribution is 8.00. The lowest BCUT2D eigenvalue weighted by molar-refractivity contribution is 0.257. The number of carbonyl (C=O) groups is 1. The molecule has 0 saturated carbocycles. The molecular formula is C21H17ClFN5O4S2. The van der Waals surface area contributed by atoms with Gasteiger partial charge in [0.05, 0.1) is 36.3 Å². The van der Waals surface area contributed by atoms with Crippen LogP contribution < -0.4 is 26.6 Å². The molecule has 0 spiro atoms. The molecule has 0 saturated heterocycles. The minimum absolute atomic E-state index is 0.00318. The smallest absolute Gasteiger partial charge is 0.333 e. The molecule has 0 fully saturated rings. The first-order valence-electron chi connectivity index (χ1n) is 9.57. The standard InChI is InChI=1S/C21H17ClFN5O4S2/c1-24-16-10-15-13(9-14(16)23)19(29)28(21(31)26-15)12-5-3-11(4-6-12)25-20(30)27-34(2,32)18-8-7-17(22)33-18/h3-10,24H,2H2,1H3,(H,26,31)(H2,25,27,30,32). The van der Waals surface area contributed by atoms with E-state index in [9.17, 15) is 23.0 Å². The van der Waals surface area contributed by atoms with Crippen LogP contribution in [-0.4, -0.2) is 32.7 Å². The van der Waals surface area contributed by atoms with Gasteiger partial charge >= 0.3 is 11.7 Å². The van der Waals surface area contributed by atoms with Gasteiger partial charge in [-0.2, -0.15) is 0 Å². The molecule has 0 aliphatic rings. The maximum Gasteiger partial charge on any atom is 0.333 e. The second kappa shape index (κ2) is 8.97. The number of carbonyl (C=O) groups excluding carboxylic acids is 1. The van der Waals surface area contributed by atoms with Crippen LogP contribution in [0.4, 0.5) is 20.6 Å². The Morgan fingerprint density at radius 1 is 1.18 bits per heavy atom. The van der Waals surface area contributed by atoms with E-state index in [4.69, 9.17) is 11.6 Å². The summed E-state index contributed by atoms with van der Waals surface area (Å²) in [7, 11) is -1.58. The van der Waals surface area contributed by atoms with E-state index >= 15 is 0 Å². The average molecular weight is 522 g/mol. The molecule has 0 aliphatic carbocycles. The monoisotopic (exact) mass is 521 g/mol. The van der Waals surface area contributed by atoms with Crippen molar-refractivity contribution in [1.82, 2.24) is 14.3 Å². The molecular weight excluding hydrogens is 505 g/mol. The Bertz CT molecular complexity index is 1640. The maximum absolute atomic E-state index is 14.2. The van der Waals surface area contributed by atoms with Gasteiger partial charge in [-0.15, -0.1) is 11.3 Å². The highest BCUT2D eigenvalue weighted by Crippen LogP contribution is 2.25. The third-order valence-electron chi connectivity index (χ3n) is 4.77. The second-order valence-corrected chi connectivity index (χ2v) is 11.0. The van der Waals surface area contributed by atoms with Crippen LogP contribution in [0.25, 0.3) is 16.6 Å². The third-order valence-corrected chi connectivity index (χ3v) is 8.15. The molecule has 0 aliphatic heterocycles. The van der Waals surface area contributed by atoms with Crippen molar-refractivity contribution in [2.75, 3.05) is 17.7 Å². The molecule has 2 aromatic heterocycles. The number of anilines is 2. The maximum atomic E-state index is 14.2. The van der Waals surface area contributed by atoms with Crippen LogP contribution >= 0.6 is 22.9 Å². The van der Waals surface area contributed by atoms with E-state index in [0.717, 1.165) is 22.0 Å². The molecule has 34 heavy (non-hydrogen) atoms. The summed E-state index contributed by atoms with van der Waals surface area (Å²) in [6, 6.07) is 10.4. The summed E-state index contributed by atoms with van der Waals surface area (Å²) in [5, 5.41) is 5.15. The molecule has 2 amide bonds. The lowest BCUT2D eigenvalue weighted by Crippen LogP contribution is -2.34. The van der Waals surface area contributed by atoms with Crippen LogP contribution in [0.2, 0.25) is 4.34 Å². The van der Waals surface area contributed by atoms with E-state index in [2.05, 4.69) is 26.2 Å². The summed E-state index contributed by atoms with van der Waals surface area (Å²) in [6.07, 6.45) is 0. The molecule has 2 aromatic carbocycles. The summed E-state index contributed by atoms with van der Waals surface area (Å²) in [6.45, 7) is 0. The third kappa shape index (κ3) is 4.55. The molecule has 4 aromatic rings. The predicted molar refractivity (Wildman–Crippen MR) is 135 cm³/mol. The largest absolute Gasteiger partial charge is 0.386 e. The van der Waals surface area contributed by atoms with Crippen molar-refractivity contribution >= 4 is 66.8 Å². The number of nitrogens with one attached hydrogen (secondary N) is 4. The summed E-state index contributed by atoms with van der Waals surface area (Å²) < 4.78 is 30.7. The van der Waals surface area contributed by atoms with Crippen LogP contribution in [0.1, 0.15) is 0 Å². The van der Waals surface area contributed by atoms with Gasteiger partial charge in [-0.25, -0.2) is 22.8 Å². The van der Waals surface area contributed by atoms with Crippen molar-refractivity contribution in [1.29, 1.82) is 0 Å². The number of H-pyrrole nitrogens is 1. The number of urea groups is 1.